The van der Waals surface area contributed by atoms with Crippen molar-refractivity contribution in [3.8, 4) is 0 Å². The number of aryl methyl sites for hydroxylation is 1. The first-order valence-electron chi connectivity index (χ1n) is 14.1. The number of hydrogen-bond donors (Lipinski definition) is 1. The van der Waals surface area contributed by atoms with Gasteiger partial charge in [0.15, 0.2) is 0 Å². The fraction of sp³-hybridized carbons (Fsp3) is 0.355. The van der Waals surface area contributed by atoms with Crippen LogP contribution in [0.1, 0.15) is 50.2 Å². The number of amides is 2. The summed E-state index contributed by atoms with van der Waals surface area (Å²) in [5, 5.41) is 14.3. The van der Waals surface area contributed by atoms with E-state index < -0.39 is 33.4 Å². The predicted molar refractivity (Wildman–Crippen MR) is 160 cm³/mol. The second-order valence-corrected chi connectivity index (χ2v) is 12.3. The van der Waals surface area contributed by atoms with Crippen LogP contribution in [-0.2, 0) is 26.2 Å². The predicted octanol–water partition coefficient (Wildman–Crippen LogP) is 4.96. The summed E-state index contributed by atoms with van der Waals surface area (Å²) >= 11 is 0. The Kier molecular flexibility index (Phi) is 9.95. The van der Waals surface area contributed by atoms with Gasteiger partial charge in [-0.05, 0) is 61.6 Å². The molecule has 1 atom stereocenters. The van der Waals surface area contributed by atoms with Gasteiger partial charge >= 0.3 is 0 Å². The zero-order valence-corrected chi connectivity index (χ0v) is 24.6. The van der Waals surface area contributed by atoms with Crippen LogP contribution >= 0.6 is 0 Å². The van der Waals surface area contributed by atoms with Crippen LogP contribution in [-0.4, -0.2) is 48.7 Å². The maximum absolute atomic E-state index is 14.2. The van der Waals surface area contributed by atoms with Gasteiger partial charge in [-0.2, -0.15) is 0 Å². The van der Waals surface area contributed by atoms with Gasteiger partial charge in [-0.3, -0.25) is 24.0 Å². The van der Waals surface area contributed by atoms with E-state index in [1.807, 2.05) is 38.1 Å². The van der Waals surface area contributed by atoms with Crippen molar-refractivity contribution in [3.05, 3.63) is 100 Å². The number of hydrogen-bond acceptors (Lipinski definition) is 6. The smallest absolute Gasteiger partial charge is 0.269 e. The number of carbonyl (C=O) groups excluding carboxylic acids is 2. The lowest BCUT2D eigenvalue weighted by Crippen LogP contribution is -2.53. The van der Waals surface area contributed by atoms with Crippen molar-refractivity contribution in [2.24, 2.45) is 0 Å². The molecule has 11 heteroatoms. The topological polar surface area (TPSA) is 130 Å². The fourth-order valence-electron chi connectivity index (χ4n) is 5.25. The van der Waals surface area contributed by atoms with E-state index in [1.165, 1.54) is 41.3 Å². The van der Waals surface area contributed by atoms with Gasteiger partial charge in [-0.25, -0.2) is 8.42 Å². The fourth-order valence-corrected chi connectivity index (χ4v) is 6.68. The van der Waals surface area contributed by atoms with Crippen LogP contribution in [0.4, 0.5) is 11.4 Å². The minimum Gasteiger partial charge on any atom is -0.352 e. The Bertz CT molecular complexity index is 1510. The molecule has 1 N–H and O–H groups in total. The molecule has 4 rings (SSSR count). The minimum absolute atomic E-state index is 0.0346. The zero-order chi connectivity index (χ0) is 30.3. The molecule has 3 aromatic rings. The molecule has 1 aliphatic carbocycles. The molecule has 0 unspecified atom stereocenters. The van der Waals surface area contributed by atoms with E-state index in [0.717, 1.165) is 41.1 Å². The molecular weight excluding hydrogens is 556 g/mol. The van der Waals surface area contributed by atoms with Crippen LogP contribution in [0.25, 0.3) is 0 Å². The Morgan fingerprint density at radius 3 is 2.19 bits per heavy atom. The highest BCUT2D eigenvalue weighted by Crippen LogP contribution is 2.27. The molecule has 1 fully saturated rings. The van der Waals surface area contributed by atoms with Crippen LogP contribution in [0.2, 0.25) is 0 Å². The Hall–Kier alpha value is -4.25. The van der Waals surface area contributed by atoms with Gasteiger partial charge in [-0.1, -0.05) is 62.2 Å². The zero-order valence-electron chi connectivity index (χ0n) is 23.8. The maximum atomic E-state index is 14.2. The normalized spacial score (nSPS) is 14.2. The molecule has 3 aromatic carbocycles. The van der Waals surface area contributed by atoms with E-state index in [-0.39, 0.29) is 34.8 Å². The molecular formula is C31H36N4O6S. The lowest BCUT2D eigenvalue weighted by molar-refractivity contribution is -0.384. The highest BCUT2D eigenvalue weighted by atomic mass is 32.2. The van der Waals surface area contributed by atoms with Crippen molar-refractivity contribution < 1.29 is 22.9 Å². The van der Waals surface area contributed by atoms with Crippen molar-refractivity contribution in [2.75, 3.05) is 10.8 Å². The van der Waals surface area contributed by atoms with Crippen LogP contribution in [0.3, 0.4) is 0 Å². The molecule has 0 heterocycles. The number of nitro groups is 1. The first-order valence-corrected chi connectivity index (χ1v) is 15.5. The number of benzene rings is 3. The van der Waals surface area contributed by atoms with E-state index in [1.54, 1.807) is 18.2 Å². The van der Waals surface area contributed by atoms with Crippen LogP contribution in [0, 0.1) is 17.0 Å². The van der Waals surface area contributed by atoms with Gasteiger partial charge in [0.05, 0.1) is 15.5 Å². The van der Waals surface area contributed by atoms with Crippen molar-refractivity contribution >= 4 is 33.2 Å². The number of rotatable bonds is 12. The van der Waals surface area contributed by atoms with Crippen LogP contribution in [0.15, 0.2) is 83.8 Å². The minimum atomic E-state index is -4.25. The van der Waals surface area contributed by atoms with E-state index in [0.29, 0.717) is 6.42 Å². The summed E-state index contributed by atoms with van der Waals surface area (Å²) in [6, 6.07) is 19.5. The van der Waals surface area contributed by atoms with Gasteiger partial charge in [0.25, 0.3) is 15.7 Å². The number of nitrogens with zero attached hydrogens (tertiary/aromatic N) is 3. The Morgan fingerprint density at radius 2 is 1.60 bits per heavy atom. The van der Waals surface area contributed by atoms with E-state index in [2.05, 4.69) is 5.32 Å². The maximum Gasteiger partial charge on any atom is 0.269 e. The molecule has 0 aliphatic heterocycles. The molecule has 1 aliphatic rings. The molecule has 222 valence electrons. The molecule has 10 nitrogen and oxygen atoms in total. The summed E-state index contributed by atoms with van der Waals surface area (Å²) in [6.45, 7) is 3.25. The van der Waals surface area contributed by atoms with Crippen molar-refractivity contribution in [1.29, 1.82) is 0 Å². The Morgan fingerprint density at radius 1 is 0.976 bits per heavy atom. The summed E-state index contributed by atoms with van der Waals surface area (Å²) in [4.78, 5) is 39.8. The molecule has 0 aromatic heterocycles. The highest BCUT2D eigenvalue weighted by molar-refractivity contribution is 7.92. The standard InChI is InChI=1S/C31H36N4O6S/c1-3-29(31(37)32-25-13-9-10-14-25)33(21-24-12-8-7-11-23(24)2)30(36)22-34(26-17-19-27(20-18-26)35(38)39)42(40,41)28-15-5-4-6-16-28/h4-8,11-12,15-20,25,29H,3,9-10,13-14,21-22H2,1-2H3,(H,32,37)/t29-/m1/s1. The van der Waals surface area contributed by atoms with Gasteiger partial charge in [0.1, 0.15) is 12.6 Å². The average molecular weight is 593 g/mol. The van der Waals surface area contributed by atoms with Gasteiger partial charge in [0, 0.05) is 24.7 Å². The molecule has 0 saturated heterocycles. The molecule has 1 saturated carbocycles. The first kappa shape index (κ1) is 30.7. The second-order valence-electron chi connectivity index (χ2n) is 10.5. The molecule has 2 amide bonds. The van der Waals surface area contributed by atoms with Crippen molar-refractivity contribution in [3.63, 3.8) is 0 Å². The summed E-state index contributed by atoms with van der Waals surface area (Å²) in [5.41, 5.74) is 1.66. The summed E-state index contributed by atoms with van der Waals surface area (Å²) in [6.07, 6.45) is 4.18. The average Bonchev–Trinajstić information content (AvgIpc) is 3.50. The molecule has 42 heavy (non-hydrogen) atoms. The van der Waals surface area contributed by atoms with E-state index >= 15 is 0 Å². The second kappa shape index (κ2) is 13.6. The summed E-state index contributed by atoms with van der Waals surface area (Å²) in [5.74, 6) is -0.830. The molecule has 0 spiro atoms. The summed E-state index contributed by atoms with van der Waals surface area (Å²) < 4.78 is 28.7. The monoisotopic (exact) mass is 592 g/mol. The number of sulfonamides is 1. The van der Waals surface area contributed by atoms with Crippen LogP contribution < -0.4 is 9.62 Å². The highest BCUT2D eigenvalue weighted by Gasteiger charge is 2.34. The summed E-state index contributed by atoms with van der Waals surface area (Å²) in [7, 11) is -4.25. The number of anilines is 1. The van der Waals surface area contributed by atoms with Gasteiger partial charge in [0.2, 0.25) is 11.8 Å². The lowest BCUT2D eigenvalue weighted by atomic mass is 10.1. The SMILES string of the molecule is CC[C@H](C(=O)NC1CCCC1)N(Cc1ccccc1C)C(=O)CN(c1ccc([N+](=O)[O-])cc1)S(=O)(=O)c1ccccc1. The number of nitrogens with one attached hydrogen (secondary N) is 1. The number of non-ortho nitro benzene ring substituents is 1. The Balaban J connectivity index is 1.73. The molecule has 0 radical (unpaired) electrons. The Labute approximate surface area is 246 Å². The quantitative estimate of drug-likeness (QED) is 0.234. The lowest BCUT2D eigenvalue weighted by Gasteiger charge is -2.34. The number of nitro benzene ring substituents is 1. The van der Waals surface area contributed by atoms with E-state index in [4.69, 9.17) is 0 Å². The molecule has 0 bridgehead atoms. The van der Waals surface area contributed by atoms with Crippen LogP contribution in [0.5, 0.6) is 0 Å². The van der Waals surface area contributed by atoms with Crippen molar-refractivity contribution in [2.45, 2.75) is 69.5 Å². The third-order valence-corrected chi connectivity index (χ3v) is 9.44. The third kappa shape index (κ3) is 7.14. The van der Waals surface area contributed by atoms with E-state index in [9.17, 15) is 28.1 Å². The first-order chi connectivity index (χ1) is 20.1. The largest absolute Gasteiger partial charge is 0.352 e. The van der Waals surface area contributed by atoms with Gasteiger partial charge in [-0.15, -0.1) is 0 Å². The number of carbonyl (C=O) groups is 2. The van der Waals surface area contributed by atoms with Crippen molar-refractivity contribution in [1.82, 2.24) is 10.2 Å². The third-order valence-electron chi connectivity index (χ3n) is 7.65. The van der Waals surface area contributed by atoms with Gasteiger partial charge < -0.3 is 10.2 Å².